The van der Waals surface area contributed by atoms with Gasteiger partial charge in [-0.25, -0.2) is 0 Å². The second-order valence-corrected chi connectivity index (χ2v) is 5.05. The lowest BCUT2D eigenvalue weighted by Gasteiger charge is -2.34. The highest BCUT2D eigenvalue weighted by atomic mass is 16.5. The largest absolute Gasteiger partial charge is 0.356 e. The minimum atomic E-state index is -0.329. The molecule has 0 aliphatic heterocycles. The maximum Gasteiger partial charge on any atom is 0.167 e. The van der Waals surface area contributed by atoms with E-state index in [0.717, 1.165) is 16.7 Å². The van der Waals surface area contributed by atoms with Gasteiger partial charge in [-0.2, -0.15) is 0 Å². The van der Waals surface area contributed by atoms with Gasteiger partial charge < -0.3 is 10.3 Å². The number of hydrogen-bond donors (Lipinski definition) is 1. The number of benzene rings is 1. The smallest absolute Gasteiger partial charge is 0.167 e. The Morgan fingerprint density at radius 3 is 3.00 bits per heavy atom. The van der Waals surface area contributed by atoms with Gasteiger partial charge in [0.05, 0.1) is 5.41 Å². The molecule has 0 amide bonds. The monoisotopic (exact) mass is 266 g/mol. The molecule has 0 saturated heterocycles. The number of allylic oxidation sites excluding steroid dienone is 5. The van der Waals surface area contributed by atoms with Gasteiger partial charge in [-0.15, -0.1) is 0 Å². The molecule has 1 heterocycles. The molecule has 2 aromatic rings. The topological polar surface area (TPSA) is 52.0 Å². The van der Waals surface area contributed by atoms with Crippen molar-refractivity contribution >= 4 is 11.0 Å². The molecule has 0 fully saturated rings. The van der Waals surface area contributed by atoms with Gasteiger partial charge in [0.25, 0.3) is 0 Å². The zero-order valence-electron chi connectivity index (χ0n) is 11.5. The molecule has 20 heavy (non-hydrogen) atoms. The second-order valence-electron chi connectivity index (χ2n) is 5.05. The van der Waals surface area contributed by atoms with E-state index in [9.17, 15) is 0 Å². The summed E-state index contributed by atoms with van der Waals surface area (Å²) in [5.74, 6) is 0.178. The molecule has 1 aliphatic carbocycles. The zero-order chi connectivity index (χ0) is 14.0. The van der Waals surface area contributed by atoms with E-state index in [1.807, 2.05) is 37.3 Å². The molecule has 1 aromatic heterocycles. The first-order chi connectivity index (χ1) is 9.81. The lowest BCUT2D eigenvalue weighted by atomic mass is 9.69. The van der Waals surface area contributed by atoms with Crippen LogP contribution in [0.25, 0.3) is 11.0 Å². The molecule has 3 rings (SSSR count). The maximum absolute atomic E-state index is 5.98. The SMILES string of the molecule is CC=CC1(c2noc3ccccc23)C=CC=C[C@H]1CN. The van der Waals surface area contributed by atoms with Crippen molar-refractivity contribution in [3.05, 3.63) is 66.4 Å². The van der Waals surface area contributed by atoms with Crippen LogP contribution in [-0.4, -0.2) is 11.7 Å². The number of para-hydroxylation sites is 1. The first kappa shape index (κ1) is 12.9. The standard InChI is InChI=1S/C17H18N2O/c1-2-10-17(11-6-5-7-13(17)12-18)16-14-8-3-4-9-15(14)20-19-16/h2-11,13H,12,18H2,1H3/t13-,17?/m0/s1. The van der Waals surface area contributed by atoms with Crippen molar-refractivity contribution in [2.45, 2.75) is 12.3 Å². The Kier molecular flexibility index (Phi) is 3.28. The minimum absolute atomic E-state index is 0.178. The van der Waals surface area contributed by atoms with Crippen LogP contribution < -0.4 is 5.73 Å². The summed E-state index contributed by atoms with van der Waals surface area (Å²) in [4.78, 5) is 0. The fourth-order valence-electron chi connectivity index (χ4n) is 2.96. The van der Waals surface area contributed by atoms with Crippen LogP contribution in [-0.2, 0) is 5.41 Å². The summed E-state index contributed by atoms with van der Waals surface area (Å²) >= 11 is 0. The summed E-state index contributed by atoms with van der Waals surface area (Å²) in [7, 11) is 0. The van der Waals surface area contributed by atoms with Crippen LogP contribution in [0.15, 0.2) is 65.2 Å². The third kappa shape index (κ3) is 1.82. The molecule has 0 saturated carbocycles. The lowest BCUT2D eigenvalue weighted by molar-refractivity contribution is 0.401. The van der Waals surface area contributed by atoms with Crippen molar-refractivity contribution in [2.75, 3.05) is 6.54 Å². The van der Waals surface area contributed by atoms with E-state index < -0.39 is 0 Å². The van der Waals surface area contributed by atoms with Crippen molar-refractivity contribution in [1.82, 2.24) is 5.16 Å². The molecule has 1 aliphatic rings. The predicted molar refractivity (Wildman–Crippen MR) is 81.3 cm³/mol. The molecule has 1 unspecified atom stereocenters. The normalized spacial score (nSPS) is 25.8. The first-order valence-corrected chi connectivity index (χ1v) is 6.86. The van der Waals surface area contributed by atoms with Gasteiger partial charge in [-0.05, 0) is 19.1 Å². The van der Waals surface area contributed by atoms with Crippen LogP contribution in [0, 0.1) is 5.92 Å². The molecule has 3 nitrogen and oxygen atoms in total. The molecule has 2 atom stereocenters. The average Bonchev–Trinajstić information content (AvgIpc) is 2.92. The summed E-state index contributed by atoms with van der Waals surface area (Å²) < 4.78 is 5.48. The number of hydrogen-bond acceptors (Lipinski definition) is 3. The molecular formula is C17H18N2O. The highest BCUT2D eigenvalue weighted by molar-refractivity contribution is 5.81. The fraction of sp³-hybridized carbons (Fsp3) is 0.235. The van der Waals surface area contributed by atoms with Crippen LogP contribution >= 0.6 is 0 Å². The molecule has 102 valence electrons. The van der Waals surface area contributed by atoms with E-state index in [4.69, 9.17) is 10.3 Å². The highest BCUT2D eigenvalue weighted by Gasteiger charge is 2.38. The minimum Gasteiger partial charge on any atom is -0.356 e. The van der Waals surface area contributed by atoms with Gasteiger partial charge in [0, 0.05) is 17.8 Å². The van der Waals surface area contributed by atoms with Gasteiger partial charge in [0.1, 0.15) is 5.69 Å². The van der Waals surface area contributed by atoms with E-state index in [1.54, 1.807) is 0 Å². The predicted octanol–water partition coefficient (Wildman–Crippen LogP) is 3.34. The number of fused-ring (bicyclic) bond motifs is 1. The summed E-state index contributed by atoms with van der Waals surface area (Å²) in [6.45, 7) is 2.58. The Morgan fingerprint density at radius 1 is 1.35 bits per heavy atom. The Morgan fingerprint density at radius 2 is 2.20 bits per heavy atom. The summed E-state index contributed by atoms with van der Waals surface area (Å²) in [5.41, 5.74) is 7.40. The van der Waals surface area contributed by atoms with Gasteiger partial charge in [-0.3, -0.25) is 0 Å². The third-order valence-electron chi connectivity index (χ3n) is 3.92. The van der Waals surface area contributed by atoms with Gasteiger partial charge in [0.15, 0.2) is 5.58 Å². The number of nitrogens with zero attached hydrogens (tertiary/aromatic N) is 1. The van der Waals surface area contributed by atoms with Gasteiger partial charge >= 0.3 is 0 Å². The van der Waals surface area contributed by atoms with E-state index in [2.05, 4.69) is 35.5 Å². The Labute approximate surface area is 118 Å². The maximum atomic E-state index is 5.98. The summed E-state index contributed by atoms with van der Waals surface area (Å²) in [5, 5.41) is 5.39. The fourth-order valence-corrected chi connectivity index (χ4v) is 2.96. The van der Waals surface area contributed by atoms with Crippen LogP contribution in [0.1, 0.15) is 12.6 Å². The van der Waals surface area contributed by atoms with E-state index >= 15 is 0 Å². The Bertz CT molecular complexity index is 696. The first-order valence-electron chi connectivity index (χ1n) is 6.86. The van der Waals surface area contributed by atoms with Crippen molar-refractivity contribution in [2.24, 2.45) is 11.7 Å². The highest BCUT2D eigenvalue weighted by Crippen LogP contribution is 2.41. The molecule has 0 radical (unpaired) electrons. The van der Waals surface area contributed by atoms with Crippen LogP contribution in [0.5, 0.6) is 0 Å². The van der Waals surface area contributed by atoms with Crippen molar-refractivity contribution in [3.8, 4) is 0 Å². The van der Waals surface area contributed by atoms with E-state index in [-0.39, 0.29) is 11.3 Å². The molecular weight excluding hydrogens is 248 g/mol. The van der Waals surface area contributed by atoms with Crippen molar-refractivity contribution in [1.29, 1.82) is 0 Å². The Hall–Kier alpha value is -2.13. The summed E-state index contributed by atoms with van der Waals surface area (Å²) in [6.07, 6.45) is 12.6. The third-order valence-corrected chi connectivity index (χ3v) is 3.92. The van der Waals surface area contributed by atoms with Crippen LogP contribution in [0.3, 0.4) is 0 Å². The molecule has 0 spiro atoms. The van der Waals surface area contributed by atoms with E-state index in [1.165, 1.54) is 0 Å². The van der Waals surface area contributed by atoms with Crippen molar-refractivity contribution in [3.63, 3.8) is 0 Å². The van der Waals surface area contributed by atoms with Gasteiger partial charge in [0.2, 0.25) is 0 Å². The Balaban J connectivity index is 2.25. The van der Waals surface area contributed by atoms with Crippen LogP contribution in [0.4, 0.5) is 0 Å². The molecule has 0 bridgehead atoms. The average molecular weight is 266 g/mol. The molecule has 2 N–H and O–H groups in total. The number of nitrogens with two attached hydrogens (primary N) is 1. The quantitative estimate of drug-likeness (QED) is 0.867. The number of aromatic nitrogens is 1. The lowest BCUT2D eigenvalue weighted by Crippen LogP contribution is -2.36. The molecule has 3 heteroatoms. The van der Waals surface area contributed by atoms with E-state index in [0.29, 0.717) is 6.54 Å². The van der Waals surface area contributed by atoms with Gasteiger partial charge in [-0.1, -0.05) is 53.7 Å². The summed E-state index contributed by atoms with van der Waals surface area (Å²) in [6, 6.07) is 7.95. The van der Waals surface area contributed by atoms with Crippen molar-refractivity contribution < 1.29 is 4.52 Å². The second kappa shape index (κ2) is 5.10. The number of rotatable bonds is 3. The van der Waals surface area contributed by atoms with Crippen LogP contribution in [0.2, 0.25) is 0 Å². The zero-order valence-corrected chi connectivity index (χ0v) is 11.5. The molecule has 1 aromatic carbocycles.